The van der Waals surface area contributed by atoms with Gasteiger partial charge in [0, 0.05) is 22.0 Å². The zero-order valence-corrected chi connectivity index (χ0v) is 11.6. The van der Waals surface area contributed by atoms with Crippen LogP contribution in [0.25, 0.3) is 6.08 Å². The summed E-state index contributed by atoms with van der Waals surface area (Å²) in [6.07, 6.45) is 2.53. The Bertz CT molecular complexity index is 702. The van der Waals surface area contributed by atoms with Gasteiger partial charge in [-0.25, -0.2) is 0 Å². The van der Waals surface area contributed by atoms with Crippen molar-refractivity contribution in [2.75, 3.05) is 0 Å². The molecule has 3 heteroatoms. The third-order valence-corrected chi connectivity index (χ3v) is 3.69. The summed E-state index contributed by atoms with van der Waals surface area (Å²) in [5.74, 6) is 0.140. The highest BCUT2D eigenvalue weighted by Gasteiger charge is 2.24. The first-order valence-electron chi connectivity index (χ1n) is 5.96. The molecule has 0 unspecified atom stereocenters. The van der Waals surface area contributed by atoms with Crippen molar-refractivity contribution in [3.63, 3.8) is 0 Å². The van der Waals surface area contributed by atoms with Gasteiger partial charge in [-0.1, -0.05) is 34.1 Å². The molecule has 3 rings (SSSR count). The molecule has 2 aromatic carbocycles. The third kappa shape index (κ3) is 2.34. The number of carbonyl (C=O) groups excluding carboxylic acids is 1. The minimum absolute atomic E-state index is 0.00544. The molecule has 2 aromatic rings. The second kappa shape index (κ2) is 4.67. The van der Waals surface area contributed by atoms with Crippen LogP contribution >= 0.6 is 15.9 Å². The summed E-state index contributed by atoms with van der Waals surface area (Å²) in [5.41, 5.74) is 3.35. The summed E-state index contributed by atoms with van der Waals surface area (Å²) >= 11 is 3.42. The van der Waals surface area contributed by atoms with E-state index in [2.05, 4.69) is 15.9 Å². The average molecular weight is 315 g/mol. The topological polar surface area (TPSA) is 37.3 Å². The average Bonchev–Trinajstić information content (AvgIpc) is 2.67. The van der Waals surface area contributed by atoms with Gasteiger partial charge in [-0.3, -0.25) is 4.79 Å². The summed E-state index contributed by atoms with van der Waals surface area (Å²) in [4.78, 5) is 12.2. The fourth-order valence-electron chi connectivity index (χ4n) is 2.30. The summed E-state index contributed by atoms with van der Waals surface area (Å²) in [6, 6.07) is 12.8. The second-order valence-corrected chi connectivity index (χ2v) is 5.49. The SMILES string of the molecule is O=C1/C(=C/c2cccc(Br)c2)Cc2ccc(O)cc21. The first kappa shape index (κ1) is 12.2. The van der Waals surface area contributed by atoms with Crippen LogP contribution in [0.3, 0.4) is 0 Å². The Labute approximate surface area is 119 Å². The number of rotatable bonds is 1. The Morgan fingerprint density at radius 3 is 2.79 bits per heavy atom. The number of hydrogen-bond donors (Lipinski definition) is 1. The maximum Gasteiger partial charge on any atom is 0.189 e. The molecule has 19 heavy (non-hydrogen) atoms. The molecule has 1 N–H and O–H groups in total. The van der Waals surface area contributed by atoms with Gasteiger partial charge in [0.15, 0.2) is 5.78 Å². The monoisotopic (exact) mass is 314 g/mol. The maximum absolute atomic E-state index is 12.2. The smallest absolute Gasteiger partial charge is 0.189 e. The van der Waals surface area contributed by atoms with Crippen LogP contribution in [-0.2, 0) is 6.42 Å². The number of halogens is 1. The zero-order valence-electron chi connectivity index (χ0n) is 10.1. The molecule has 0 saturated carbocycles. The van der Waals surface area contributed by atoms with E-state index in [4.69, 9.17) is 0 Å². The van der Waals surface area contributed by atoms with Crippen LogP contribution in [0.4, 0.5) is 0 Å². The molecule has 0 saturated heterocycles. The van der Waals surface area contributed by atoms with E-state index in [0.29, 0.717) is 12.0 Å². The molecule has 0 fully saturated rings. The van der Waals surface area contributed by atoms with Crippen molar-refractivity contribution in [1.29, 1.82) is 0 Å². The zero-order chi connectivity index (χ0) is 13.4. The van der Waals surface area contributed by atoms with Gasteiger partial charge in [-0.15, -0.1) is 0 Å². The van der Waals surface area contributed by atoms with E-state index in [9.17, 15) is 9.90 Å². The summed E-state index contributed by atoms with van der Waals surface area (Å²) < 4.78 is 0.988. The number of aromatic hydroxyl groups is 1. The fraction of sp³-hybridized carbons (Fsp3) is 0.0625. The molecule has 0 radical (unpaired) electrons. The van der Waals surface area contributed by atoms with E-state index < -0.39 is 0 Å². The molecule has 0 amide bonds. The van der Waals surface area contributed by atoms with Gasteiger partial charge in [-0.2, -0.15) is 0 Å². The predicted octanol–water partition coefficient (Wildman–Crippen LogP) is 3.98. The van der Waals surface area contributed by atoms with Gasteiger partial charge in [0.05, 0.1) is 0 Å². The lowest BCUT2D eigenvalue weighted by Crippen LogP contribution is -1.95. The maximum atomic E-state index is 12.2. The molecule has 94 valence electrons. The number of phenols is 1. The molecular weight excluding hydrogens is 304 g/mol. The summed E-state index contributed by atoms with van der Waals surface area (Å²) in [7, 11) is 0. The van der Waals surface area contributed by atoms with E-state index in [1.54, 1.807) is 12.1 Å². The number of benzene rings is 2. The van der Waals surface area contributed by atoms with E-state index in [1.807, 2.05) is 36.4 Å². The Morgan fingerprint density at radius 2 is 2.00 bits per heavy atom. The van der Waals surface area contributed by atoms with Crippen LogP contribution in [0.2, 0.25) is 0 Å². The second-order valence-electron chi connectivity index (χ2n) is 4.57. The van der Waals surface area contributed by atoms with E-state index in [0.717, 1.165) is 21.2 Å². The Hall–Kier alpha value is -1.87. The van der Waals surface area contributed by atoms with E-state index in [-0.39, 0.29) is 11.5 Å². The molecular formula is C16H11BrO2. The summed E-state index contributed by atoms with van der Waals surface area (Å²) in [6.45, 7) is 0. The number of ketones is 1. The normalized spacial score (nSPS) is 15.8. The molecule has 1 aliphatic carbocycles. The van der Waals surface area contributed by atoms with Gasteiger partial charge >= 0.3 is 0 Å². The minimum atomic E-state index is 0.00544. The predicted molar refractivity (Wildman–Crippen MR) is 78.3 cm³/mol. The van der Waals surface area contributed by atoms with Crippen molar-refractivity contribution in [3.8, 4) is 5.75 Å². The highest BCUT2D eigenvalue weighted by Crippen LogP contribution is 2.30. The standard InChI is InChI=1S/C16H11BrO2/c17-13-3-1-2-10(7-13)6-12-8-11-4-5-14(18)9-15(11)16(12)19/h1-7,9,18H,8H2/b12-6+. The van der Waals surface area contributed by atoms with Crippen LogP contribution in [0, 0.1) is 0 Å². The van der Waals surface area contributed by atoms with Crippen molar-refractivity contribution in [2.24, 2.45) is 0 Å². The van der Waals surface area contributed by atoms with Crippen LogP contribution in [0.5, 0.6) is 5.75 Å². The highest BCUT2D eigenvalue weighted by molar-refractivity contribution is 9.10. The Morgan fingerprint density at radius 1 is 1.16 bits per heavy atom. The molecule has 0 aliphatic heterocycles. The first-order chi connectivity index (χ1) is 9.13. The lowest BCUT2D eigenvalue weighted by molar-refractivity contribution is 0.104. The lowest BCUT2D eigenvalue weighted by atomic mass is 10.1. The van der Waals surface area contributed by atoms with Gasteiger partial charge in [0.1, 0.15) is 5.75 Å². The number of hydrogen-bond acceptors (Lipinski definition) is 2. The highest BCUT2D eigenvalue weighted by atomic mass is 79.9. The van der Waals surface area contributed by atoms with Crippen LogP contribution in [0.15, 0.2) is 52.5 Å². The van der Waals surface area contributed by atoms with Crippen molar-refractivity contribution in [2.45, 2.75) is 6.42 Å². The Balaban J connectivity index is 2.00. The lowest BCUT2D eigenvalue weighted by Gasteiger charge is -1.97. The third-order valence-electron chi connectivity index (χ3n) is 3.20. The molecule has 0 heterocycles. The quantitative estimate of drug-likeness (QED) is 0.808. The number of allylic oxidation sites excluding steroid dienone is 1. The molecule has 2 nitrogen and oxygen atoms in total. The minimum Gasteiger partial charge on any atom is -0.508 e. The summed E-state index contributed by atoms with van der Waals surface area (Å²) in [5, 5.41) is 9.45. The van der Waals surface area contributed by atoms with Gasteiger partial charge < -0.3 is 5.11 Å². The van der Waals surface area contributed by atoms with E-state index >= 15 is 0 Å². The number of Topliss-reactive ketones (excluding diaryl/α,β-unsaturated/α-hetero) is 1. The van der Waals surface area contributed by atoms with Gasteiger partial charge in [-0.05, 0) is 41.5 Å². The van der Waals surface area contributed by atoms with E-state index in [1.165, 1.54) is 0 Å². The van der Waals surface area contributed by atoms with Crippen LogP contribution in [-0.4, -0.2) is 10.9 Å². The van der Waals surface area contributed by atoms with Crippen LogP contribution in [0.1, 0.15) is 21.5 Å². The van der Waals surface area contributed by atoms with Crippen LogP contribution < -0.4 is 0 Å². The van der Waals surface area contributed by atoms with Crippen molar-refractivity contribution < 1.29 is 9.90 Å². The first-order valence-corrected chi connectivity index (χ1v) is 6.75. The molecule has 0 aromatic heterocycles. The fourth-order valence-corrected chi connectivity index (χ4v) is 2.72. The van der Waals surface area contributed by atoms with Crippen molar-refractivity contribution >= 4 is 27.8 Å². The number of phenolic OH excluding ortho intramolecular Hbond substituents is 1. The van der Waals surface area contributed by atoms with Crippen molar-refractivity contribution in [1.82, 2.24) is 0 Å². The van der Waals surface area contributed by atoms with Gasteiger partial charge in [0.2, 0.25) is 0 Å². The number of carbonyl (C=O) groups is 1. The number of fused-ring (bicyclic) bond motifs is 1. The van der Waals surface area contributed by atoms with Gasteiger partial charge in [0.25, 0.3) is 0 Å². The Kier molecular flexibility index (Phi) is 2.99. The molecule has 0 bridgehead atoms. The largest absolute Gasteiger partial charge is 0.508 e. The van der Waals surface area contributed by atoms with Crippen molar-refractivity contribution in [3.05, 3.63) is 69.2 Å². The molecule has 0 atom stereocenters. The molecule has 1 aliphatic rings. The molecule has 0 spiro atoms.